The molecule has 0 aromatic rings. The Morgan fingerprint density at radius 2 is 2.08 bits per heavy atom. The van der Waals surface area contributed by atoms with Crippen LogP contribution in [0.1, 0.15) is 25.7 Å². The quantitative estimate of drug-likeness (QED) is 0.655. The van der Waals surface area contributed by atoms with Gasteiger partial charge in [0.2, 0.25) is 0 Å². The van der Waals surface area contributed by atoms with Gasteiger partial charge in [-0.3, -0.25) is 4.39 Å². The van der Waals surface area contributed by atoms with Crippen molar-refractivity contribution in [1.29, 1.82) is 0 Å². The summed E-state index contributed by atoms with van der Waals surface area (Å²) in [6, 6.07) is 0. The first-order valence-electron chi connectivity index (χ1n) is 4.94. The van der Waals surface area contributed by atoms with Gasteiger partial charge in [-0.2, -0.15) is 11.8 Å². The number of thioether (sulfide) groups is 1. The predicted octanol–water partition coefficient (Wildman–Crippen LogP) is 3.12. The molecule has 0 radical (unpaired) electrons. The van der Waals surface area contributed by atoms with Crippen LogP contribution in [0, 0.1) is 17.8 Å². The van der Waals surface area contributed by atoms with Crippen LogP contribution in [0.3, 0.4) is 0 Å². The largest absolute Gasteiger partial charge is 0.251 e. The van der Waals surface area contributed by atoms with E-state index in [1.165, 1.54) is 19.3 Å². The molecule has 2 bridgehead atoms. The Morgan fingerprint density at radius 1 is 1.25 bits per heavy atom. The van der Waals surface area contributed by atoms with E-state index in [2.05, 4.69) is 6.26 Å². The molecular formula is C10H17FS. The maximum atomic E-state index is 12.1. The summed E-state index contributed by atoms with van der Waals surface area (Å²) in [5, 5.41) is 0.908. The topological polar surface area (TPSA) is 0 Å². The molecule has 0 aliphatic heterocycles. The lowest BCUT2D eigenvalue weighted by Crippen LogP contribution is -2.19. The molecule has 2 fully saturated rings. The molecule has 0 N–H and O–H groups in total. The molecule has 2 aliphatic carbocycles. The van der Waals surface area contributed by atoms with Crippen LogP contribution in [-0.4, -0.2) is 18.2 Å². The molecular weight excluding hydrogens is 171 g/mol. The zero-order valence-electron chi connectivity index (χ0n) is 7.63. The van der Waals surface area contributed by atoms with Gasteiger partial charge in [0.1, 0.15) is 0 Å². The second-order valence-electron chi connectivity index (χ2n) is 4.24. The van der Waals surface area contributed by atoms with Gasteiger partial charge in [-0.05, 0) is 49.7 Å². The summed E-state index contributed by atoms with van der Waals surface area (Å²) in [5.41, 5.74) is 0. The van der Waals surface area contributed by atoms with Crippen molar-refractivity contribution in [3.05, 3.63) is 0 Å². The van der Waals surface area contributed by atoms with E-state index >= 15 is 0 Å². The minimum Gasteiger partial charge on any atom is -0.251 e. The highest BCUT2D eigenvalue weighted by atomic mass is 32.2. The number of halogens is 1. The standard InChI is InChI=1S/C10H17FS/c1-12-10-6-8-5-9(10)4-7(8)2-3-11/h7-10H,2-6H2,1H3. The Balaban J connectivity index is 1.89. The van der Waals surface area contributed by atoms with Crippen molar-refractivity contribution >= 4 is 11.8 Å². The summed E-state index contributed by atoms with van der Waals surface area (Å²) < 4.78 is 12.1. The van der Waals surface area contributed by atoms with Gasteiger partial charge in [-0.1, -0.05) is 0 Å². The first-order valence-corrected chi connectivity index (χ1v) is 6.22. The fourth-order valence-corrected chi connectivity index (χ4v) is 4.17. The molecule has 12 heavy (non-hydrogen) atoms. The maximum Gasteiger partial charge on any atom is 0.0897 e. The van der Waals surface area contributed by atoms with Gasteiger partial charge >= 0.3 is 0 Å². The van der Waals surface area contributed by atoms with Gasteiger partial charge < -0.3 is 0 Å². The Hall–Kier alpha value is 0.280. The predicted molar refractivity (Wildman–Crippen MR) is 52.2 cm³/mol. The second-order valence-corrected chi connectivity index (χ2v) is 5.32. The van der Waals surface area contributed by atoms with Crippen LogP contribution < -0.4 is 0 Å². The molecule has 2 heteroatoms. The molecule has 2 rings (SSSR count). The summed E-state index contributed by atoms with van der Waals surface area (Å²) in [6.45, 7) is -0.0994. The second kappa shape index (κ2) is 3.57. The van der Waals surface area contributed by atoms with Crippen LogP contribution >= 0.6 is 11.8 Å². The SMILES string of the molecule is CSC1CC2CC1CC2CCF. The van der Waals surface area contributed by atoms with E-state index in [0.717, 1.165) is 29.4 Å². The first kappa shape index (κ1) is 8.86. The third kappa shape index (κ3) is 1.39. The lowest BCUT2D eigenvalue weighted by Gasteiger charge is -2.25. The zero-order chi connectivity index (χ0) is 8.55. The Morgan fingerprint density at radius 3 is 2.58 bits per heavy atom. The van der Waals surface area contributed by atoms with Crippen LogP contribution in [0.2, 0.25) is 0 Å². The van der Waals surface area contributed by atoms with Crippen molar-refractivity contribution < 1.29 is 4.39 Å². The fourth-order valence-electron chi connectivity index (χ4n) is 3.12. The third-order valence-corrected chi connectivity index (χ3v) is 4.90. The van der Waals surface area contributed by atoms with Gasteiger partial charge in [-0.15, -0.1) is 0 Å². The lowest BCUT2D eigenvalue weighted by atomic mass is 9.86. The lowest BCUT2D eigenvalue weighted by molar-refractivity contribution is 0.287. The number of alkyl halides is 1. The van der Waals surface area contributed by atoms with Gasteiger partial charge in [0, 0.05) is 5.25 Å². The molecule has 70 valence electrons. The monoisotopic (exact) mass is 188 g/mol. The molecule has 4 unspecified atom stereocenters. The van der Waals surface area contributed by atoms with Gasteiger partial charge in [0.05, 0.1) is 6.67 Å². The van der Waals surface area contributed by atoms with Crippen molar-refractivity contribution in [2.45, 2.75) is 30.9 Å². The summed E-state index contributed by atoms with van der Waals surface area (Å²) in [6.07, 6.45) is 7.14. The molecule has 2 saturated carbocycles. The number of hydrogen-bond donors (Lipinski definition) is 0. The van der Waals surface area contributed by atoms with Crippen LogP contribution in [0.5, 0.6) is 0 Å². The molecule has 2 aliphatic rings. The van der Waals surface area contributed by atoms with Gasteiger partial charge in [0.25, 0.3) is 0 Å². The maximum absolute atomic E-state index is 12.1. The van der Waals surface area contributed by atoms with E-state index in [0.29, 0.717) is 0 Å². The highest BCUT2D eigenvalue weighted by Gasteiger charge is 2.44. The van der Waals surface area contributed by atoms with E-state index in [-0.39, 0.29) is 6.67 Å². The zero-order valence-corrected chi connectivity index (χ0v) is 8.45. The Bertz CT molecular complexity index is 160. The molecule has 4 atom stereocenters. The molecule has 0 saturated heterocycles. The smallest absolute Gasteiger partial charge is 0.0897 e. The highest BCUT2D eigenvalue weighted by molar-refractivity contribution is 7.99. The molecule has 0 heterocycles. The van der Waals surface area contributed by atoms with Crippen LogP contribution in [0.15, 0.2) is 0 Å². The third-order valence-electron chi connectivity index (χ3n) is 3.72. The average Bonchev–Trinajstić information content (AvgIpc) is 2.62. The van der Waals surface area contributed by atoms with Crippen LogP contribution in [0.25, 0.3) is 0 Å². The van der Waals surface area contributed by atoms with E-state index < -0.39 is 0 Å². The molecule has 0 amide bonds. The van der Waals surface area contributed by atoms with Gasteiger partial charge in [-0.25, -0.2) is 0 Å². The molecule has 0 spiro atoms. The average molecular weight is 188 g/mol. The van der Waals surface area contributed by atoms with E-state index in [9.17, 15) is 4.39 Å². The van der Waals surface area contributed by atoms with Crippen LogP contribution in [-0.2, 0) is 0 Å². The summed E-state index contributed by atoms with van der Waals surface area (Å²) >= 11 is 2.02. The number of fused-ring (bicyclic) bond motifs is 2. The first-order chi connectivity index (χ1) is 5.85. The number of rotatable bonds is 3. The van der Waals surface area contributed by atoms with E-state index in [4.69, 9.17) is 0 Å². The molecule has 0 aromatic carbocycles. The Kier molecular flexibility index (Phi) is 2.63. The van der Waals surface area contributed by atoms with Crippen molar-refractivity contribution in [3.63, 3.8) is 0 Å². The summed E-state index contributed by atoms with van der Waals surface area (Å²) in [7, 11) is 0. The van der Waals surface area contributed by atoms with Crippen molar-refractivity contribution in [1.82, 2.24) is 0 Å². The normalized spacial score (nSPS) is 45.5. The fraction of sp³-hybridized carbons (Fsp3) is 1.00. The minimum atomic E-state index is -0.0994. The van der Waals surface area contributed by atoms with E-state index in [1.807, 2.05) is 11.8 Å². The highest BCUT2D eigenvalue weighted by Crippen LogP contribution is 2.53. The molecule has 0 nitrogen and oxygen atoms in total. The van der Waals surface area contributed by atoms with Crippen LogP contribution in [0.4, 0.5) is 4.39 Å². The number of hydrogen-bond acceptors (Lipinski definition) is 1. The minimum absolute atomic E-state index is 0.0994. The summed E-state index contributed by atoms with van der Waals surface area (Å²) in [5.74, 6) is 2.55. The van der Waals surface area contributed by atoms with Gasteiger partial charge in [0.15, 0.2) is 0 Å². The van der Waals surface area contributed by atoms with Crippen molar-refractivity contribution in [2.75, 3.05) is 12.9 Å². The van der Waals surface area contributed by atoms with Crippen molar-refractivity contribution in [3.8, 4) is 0 Å². The molecule has 0 aromatic heterocycles. The van der Waals surface area contributed by atoms with Crippen molar-refractivity contribution in [2.24, 2.45) is 17.8 Å². The summed E-state index contributed by atoms with van der Waals surface area (Å²) in [4.78, 5) is 0. The van der Waals surface area contributed by atoms with E-state index in [1.54, 1.807) is 0 Å². The Labute approximate surface area is 78.3 Å².